The molecule has 0 spiro atoms. The SMILES string of the molecule is CC(C)(C)c1ccc(C(=O)C[C@@H](Cc2ccc(-c3ncc(-c4ccc(-c5cccc(Cl)c5)cc4F)cn3)cc2)C(=O)N2CC(C(=O)O)C2)s1. The van der Waals surface area contributed by atoms with Gasteiger partial charge in [0, 0.05) is 64.4 Å². The molecule has 0 aliphatic carbocycles. The monoisotopic (exact) mass is 695 g/mol. The fourth-order valence-corrected chi connectivity index (χ4v) is 7.03. The summed E-state index contributed by atoms with van der Waals surface area (Å²) in [6.45, 7) is 6.56. The van der Waals surface area contributed by atoms with Crippen LogP contribution in [0.25, 0.3) is 33.6 Å². The molecular formula is C39H35ClFN3O4S. The second-order valence-electron chi connectivity index (χ2n) is 13.4. The average molecular weight is 696 g/mol. The van der Waals surface area contributed by atoms with Gasteiger partial charge in [-0.15, -0.1) is 11.3 Å². The van der Waals surface area contributed by atoms with Crippen molar-refractivity contribution in [2.75, 3.05) is 13.1 Å². The summed E-state index contributed by atoms with van der Waals surface area (Å²) in [6, 6.07) is 23.5. The van der Waals surface area contributed by atoms with E-state index in [1.807, 2.05) is 54.6 Å². The minimum Gasteiger partial charge on any atom is -0.481 e. The smallest absolute Gasteiger partial charge is 0.310 e. The van der Waals surface area contributed by atoms with Crippen molar-refractivity contribution in [2.45, 2.75) is 39.0 Å². The van der Waals surface area contributed by atoms with Gasteiger partial charge in [0.25, 0.3) is 0 Å². The van der Waals surface area contributed by atoms with Crippen LogP contribution in [0.2, 0.25) is 5.02 Å². The van der Waals surface area contributed by atoms with Crippen molar-refractivity contribution >= 4 is 40.6 Å². The number of amides is 1. The second kappa shape index (κ2) is 14.0. The number of thiophene rings is 1. The molecule has 1 amide bonds. The highest BCUT2D eigenvalue weighted by atomic mass is 35.5. The third-order valence-corrected chi connectivity index (χ3v) is 10.5. The molecule has 1 aliphatic rings. The van der Waals surface area contributed by atoms with Crippen LogP contribution in [0, 0.1) is 17.7 Å². The normalized spacial score (nSPS) is 13.9. The number of aromatic nitrogens is 2. The molecule has 10 heteroatoms. The van der Waals surface area contributed by atoms with Gasteiger partial charge in [-0.3, -0.25) is 14.4 Å². The van der Waals surface area contributed by atoms with Gasteiger partial charge >= 0.3 is 5.97 Å². The van der Waals surface area contributed by atoms with Gasteiger partial charge in [-0.1, -0.05) is 80.9 Å². The zero-order valence-corrected chi connectivity index (χ0v) is 28.9. The van der Waals surface area contributed by atoms with Crippen LogP contribution >= 0.6 is 22.9 Å². The van der Waals surface area contributed by atoms with Gasteiger partial charge in [0.2, 0.25) is 5.91 Å². The molecule has 1 fully saturated rings. The van der Waals surface area contributed by atoms with Gasteiger partial charge in [0.1, 0.15) is 5.82 Å². The first kappa shape index (κ1) is 34.1. The van der Waals surface area contributed by atoms with Crippen molar-refractivity contribution in [1.82, 2.24) is 14.9 Å². The number of ketones is 1. The molecule has 5 aromatic rings. The molecule has 1 saturated heterocycles. The third kappa shape index (κ3) is 7.79. The Balaban J connectivity index is 1.16. The Morgan fingerprint density at radius 3 is 2.20 bits per heavy atom. The first-order valence-corrected chi connectivity index (χ1v) is 17.2. The molecule has 1 aliphatic heterocycles. The number of hydrogen-bond acceptors (Lipinski definition) is 6. The number of Topliss-reactive ketones (excluding diaryl/α,β-unsaturated/α-hetero) is 1. The van der Waals surface area contributed by atoms with Gasteiger partial charge in [-0.25, -0.2) is 14.4 Å². The molecule has 49 heavy (non-hydrogen) atoms. The number of carbonyl (C=O) groups is 3. The number of carboxylic acid groups (broad SMARTS) is 1. The van der Waals surface area contributed by atoms with E-state index in [0.717, 1.165) is 21.6 Å². The summed E-state index contributed by atoms with van der Waals surface area (Å²) in [7, 11) is 0. The Hall–Kier alpha value is -4.73. The average Bonchev–Trinajstić information content (AvgIpc) is 3.56. The molecule has 0 bridgehead atoms. The fourth-order valence-electron chi connectivity index (χ4n) is 5.82. The maximum atomic E-state index is 15.1. The number of likely N-dealkylation sites (tertiary alicyclic amines) is 1. The first-order chi connectivity index (χ1) is 23.4. The number of hydrogen-bond donors (Lipinski definition) is 1. The van der Waals surface area contributed by atoms with Crippen LogP contribution in [0.3, 0.4) is 0 Å². The Kier molecular flexibility index (Phi) is 9.77. The Bertz CT molecular complexity index is 2020. The molecule has 6 rings (SSSR count). The predicted octanol–water partition coefficient (Wildman–Crippen LogP) is 8.60. The number of rotatable bonds is 10. The van der Waals surface area contributed by atoms with E-state index in [1.165, 1.54) is 22.3 Å². The standard InChI is InChI=1S/C39H35ClFN3O4S/c1-39(2,3)35-14-13-34(49-35)33(45)18-27(37(46)44-21-29(22-44)38(47)48)15-23-7-9-24(10-8-23)36-42-19-28(20-43-36)31-12-11-26(17-32(31)41)25-5-4-6-30(40)16-25/h4-14,16-17,19-20,27,29H,15,18,21-22H2,1-3H3,(H,47,48)/t27-/m1/s1. The minimum absolute atomic E-state index is 0.0279. The summed E-state index contributed by atoms with van der Waals surface area (Å²) in [5, 5.41) is 9.89. The number of carbonyl (C=O) groups excluding carboxylic acids is 2. The molecule has 0 radical (unpaired) electrons. The summed E-state index contributed by atoms with van der Waals surface area (Å²) in [6.07, 6.45) is 3.52. The van der Waals surface area contributed by atoms with Crippen molar-refractivity contribution in [3.05, 3.63) is 117 Å². The van der Waals surface area contributed by atoms with Gasteiger partial charge < -0.3 is 10.0 Å². The predicted molar refractivity (Wildman–Crippen MR) is 190 cm³/mol. The molecular weight excluding hydrogens is 661 g/mol. The van der Waals surface area contributed by atoms with Crippen molar-refractivity contribution in [1.29, 1.82) is 0 Å². The molecule has 250 valence electrons. The van der Waals surface area contributed by atoms with Gasteiger partial charge in [-0.2, -0.15) is 0 Å². The van der Waals surface area contributed by atoms with E-state index in [9.17, 15) is 19.5 Å². The second-order valence-corrected chi connectivity index (χ2v) is 14.9. The Morgan fingerprint density at radius 1 is 0.918 bits per heavy atom. The van der Waals surface area contributed by atoms with Gasteiger partial charge in [0.15, 0.2) is 11.6 Å². The highest BCUT2D eigenvalue weighted by Crippen LogP contribution is 2.33. The lowest BCUT2D eigenvalue weighted by molar-refractivity contribution is -0.154. The Morgan fingerprint density at radius 2 is 1.59 bits per heavy atom. The van der Waals surface area contributed by atoms with Crippen LogP contribution in [0.1, 0.15) is 47.3 Å². The molecule has 2 aromatic heterocycles. The van der Waals surface area contributed by atoms with E-state index in [2.05, 4.69) is 30.7 Å². The molecule has 7 nitrogen and oxygen atoms in total. The van der Waals surface area contributed by atoms with E-state index in [0.29, 0.717) is 38.8 Å². The summed E-state index contributed by atoms with van der Waals surface area (Å²) in [5.41, 5.74) is 3.96. The van der Waals surface area contributed by atoms with Crippen LogP contribution < -0.4 is 0 Å². The van der Waals surface area contributed by atoms with Crippen molar-refractivity contribution < 1.29 is 23.9 Å². The lowest BCUT2D eigenvalue weighted by Crippen LogP contribution is -2.55. The van der Waals surface area contributed by atoms with Crippen LogP contribution in [0.5, 0.6) is 0 Å². The molecule has 0 unspecified atom stereocenters. The summed E-state index contributed by atoms with van der Waals surface area (Å²) in [5.74, 6) is -2.39. The number of benzene rings is 3. The third-order valence-electron chi connectivity index (χ3n) is 8.73. The maximum absolute atomic E-state index is 15.1. The largest absolute Gasteiger partial charge is 0.481 e. The van der Waals surface area contributed by atoms with E-state index in [1.54, 1.807) is 30.6 Å². The van der Waals surface area contributed by atoms with Gasteiger partial charge in [0.05, 0.1) is 10.8 Å². The number of aliphatic carboxylic acids is 1. The zero-order valence-electron chi connectivity index (χ0n) is 27.3. The molecule has 3 heterocycles. The highest BCUT2D eigenvalue weighted by Gasteiger charge is 2.39. The fraction of sp³-hybridized carbons (Fsp3) is 0.256. The number of carboxylic acids is 1. The summed E-state index contributed by atoms with van der Waals surface area (Å²) in [4.78, 5) is 50.5. The lowest BCUT2D eigenvalue weighted by Gasteiger charge is -2.38. The number of halogens is 2. The number of nitrogens with zero attached hydrogens (tertiary/aromatic N) is 3. The quantitative estimate of drug-likeness (QED) is 0.147. The van der Waals surface area contributed by atoms with Crippen molar-refractivity contribution in [3.8, 4) is 33.6 Å². The van der Waals surface area contributed by atoms with Crippen LogP contribution in [-0.2, 0) is 21.4 Å². The molecule has 1 N–H and O–H groups in total. The lowest BCUT2D eigenvalue weighted by atomic mass is 9.89. The van der Waals surface area contributed by atoms with Gasteiger partial charge in [-0.05, 0) is 58.9 Å². The first-order valence-electron chi connectivity index (χ1n) is 16.0. The summed E-state index contributed by atoms with van der Waals surface area (Å²) < 4.78 is 15.1. The van der Waals surface area contributed by atoms with E-state index in [4.69, 9.17) is 11.6 Å². The molecule has 3 aromatic carbocycles. The van der Waals surface area contributed by atoms with Crippen LogP contribution in [0.15, 0.2) is 91.3 Å². The van der Waals surface area contributed by atoms with E-state index >= 15 is 4.39 Å². The van der Waals surface area contributed by atoms with Crippen molar-refractivity contribution in [2.24, 2.45) is 11.8 Å². The molecule has 0 saturated carbocycles. The van der Waals surface area contributed by atoms with Crippen molar-refractivity contribution in [3.63, 3.8) is 0 Å². The molecule has 1 atom stereocenters. The highest BCUT2D eigenvalue weighted by molar-refractivity contribution is 7.14. The van der Waals surface area contributed by atoms with Crippen LogP contribution in [-0.4, -0.2) is 50.7 Å². The van der Waals surface area contributed by atoms with E-state index < -0.39 is 23.6 Å². The van der Waals surface area contributed by atoms with Crippen LogP contribution in [0.4, 0.5) is 4.39 Å². The Labute approximate surface area is 293 Å². The summed E-state index contributed by atoms with van der Waals surface area (Å²) >= 11 is 7.55. The zero-order chi connectivity index (χ0) is 34.9. The minimum atomic E-state index is -0.923. The topological polar surface area (TPSA) is 100 Å². The maximum Gasteiger partial charge on any atom is 0.310 e. The van der Waals surface area contributed by atoms with E-state index in [-0.39, 0.29) is 36.6 Å².